The molecule has 0 aliphatic carbocycles. The van der Waals surface area contributed by atoms with Gasteiger partial charge in [-0.05, 0) is 50.5 Å². The Bertz CT molecular complexity index is 660. The first-order valence-electron chi connectivity index (χ1n) is 7.06. The molecule has 0 spiro atoms. The molecule has 2 aromatic rings. The van der Waals surface area contributed by atoms with Crippen LogP contribution in [0.15, 0.2) is 42.5 Å². The first-order valence-corrected chi connectivity index (χ1v) is 7.06. The Morgan fingerprint density at radius 2 is 1.67 bits per heavy atom. The van der Waals surface area contributed by atoms with E-state index in [9.17, 15) is 4.79 Å². The number of hydrogen-bond donors (Lipinski definition) is 2. The van der Waals surface area contributed by atoms with Crippen molar-refractivity contribution in [1.29, 1.82) is 0 Å². The molecular formula is C18H22N2O. The summed E-state index contributed by atoms with van der Waals surface area (Å²) < 4.78 is 0. The van der Waals surface area contributed by atoms with Gasteiger partial charge in [0.25, 0.3) is 0 Å². The van der Waals surface area contributed by atoms with Crippen molar-refractivity contribution in [1.82, 2.24) is 0 Å². The molecule has 0 heterocycles. The lowest BCUT2D eigenvalue weighted by atomic mass is 9.83. The number of hydrogen-bond acceptors (Lipinski definition) is 2. The Morgan fingerprint density at radius 3 is 2.29 bits per heavy atom. The fourth-order valence-electron chi connectivity index (χ4n) is 2.26. The van der Waals surface area contributed by atoms with Crippen LogP contribution < -0.4 is 11.1 Å². The van der Waals surface area contributed by atoms with Crippen LogP contribution in [0.5, 0.6) is 0 Å². The van der Waals surface area contributed by atoms with Crippen LogP contribution in [-0.2, 0) is 10.2 Å². The largest absolute Gasteiger partial charge is 0.397 e. The van der Waals surface area contributed by atoms with Gasteiger partial charge < -0.3 is 11.1 Å². The molecule has 1 amide bonds. The maximum Gasteiger partial charge on any atom is 0.234 e. The molecule has 0 saturated heterocycles. The Balaban J connectivity index is 2.33. The van der Waals surface area contributed by atoms with Gasteiger partial charge in [-0.15, -0.1) is 0 Å². The second-order valence-corrected chi connectivity index (χ2v) is 5.92. The predicted octanol–water partition coefficient (Wildman–Crippen LogP) is 3.80. The van der Waals surface area contributed by atoms with Crippen molar-refractivity contribution >= 4 is 17.3 Å². The highest BCUT2D eigenvalue weighted by molar-refractivity contribution is 6.01. The molecule has 3 heteroatoms. The summed E-state index contributed by atoms with van der Waals surface area (Å²) in [4.78, 5) is 12.7. The van der Waals surface area contributed by atoms with Gasteiger partial charge in [0, 0.05) is 0 Å². The summed E-state index contributed by atoms with van der Waals surface area (Å²) in [7, 11) is 0. The molecule has 2 rings (SSSR count). The molecule has 0 unspecified atom stereocenters. The normalized spacial score (nSPS) is 11.2. The van der Waals surface area contributed by atoms with E-state index < -0.39 is 5.41 Å². The van der Waals surface area contributed by atoms with Gasteiger partial charge in [-0.25, -0.2) is 0 Å². The Morgan fingerprint density at radius 1 is 1.05 bits per heavy atom. The molecule has 0 bridgehead atoms. The number of rotatable bonds is 3. The van der Waals surface area contributed by atoms with E-state index in [-0.39, 0.29) is 5.91 Å². The van der Waals surface area contributed by atoms with Gasteiger partial charge in [0.15, 0.2) is 0 Å². The average molecular weight is 282 g/mol. The highest BCUT2D eigenvalue weighted by Gasteiger charge is 2.30. The molecule has 0 aliphatic heterocycles. The van der Waals surface area contributed by atoms with Gasteiger partial charge in [-0.1, -0.05) is 36.4 Å². The lowest BCUT2D eigenvalue weighted by Gasteiger charge is -2.25. The van der Waals surface area contributed by atoms with Crippen molar-refractivity contribution in [2.45, 2.75) is 33.1 Å². The van der Waals surface area contributed by atoms with E-state index in [1.165, 1.54) is 0 Å². The minimum Gasteiger partial charge on any atom is -0.397 e. The van der Waals surface area contributed by atoms with E-state index in [4.69, 9.17) is 5.73 Å². The Kier molecular flexibility index (Phi) is 4.03. The zero-order valence-corrected chi connectivity index (χ0v) is 13.0. The highest BCUT2D eigenvalue weighted by Crippen LogP contribution is 2.30. The summed E-state index contributed by atoms with van der Waals surface area (Å²) in [6.07, 6.45) is 0. The molecule has 3 N–H and O–H groups in total. The van der Waals surface area contributed by atoms with Gasteiger partial charge in [0.05, 0.1) is 16.8 Å². The fraction of sp³-hybridized carbons (Fsp3) is 0.278. The Hall–Kier alpha value is -2.29. The molecule has 0 aromatic heterocycles. The van der Waals surface area contributed by atoms with Crippen molar-refractivity contribution in [3.05, 3.63) is 59.2 Å². The van der Waals surface area contributed by atoms with Crippen molar-refractivity contribution in [3.8, 4) is 0 Å². The van der Waals surface area contributed by atoms with Crippen LogP contribution >= 0.6 is 0 Å². The maximum absolute atomic E-state index is 12.7. The molecule has 2 aromatic carbocycles. The first kappa shape index (κ1) is 15.1. The van der Waals surface area contributed by atoms with Gasteiger partial charge in [0.1, 0.15) is 0 Å². The predicted molar refractivity (Wildman–Crippen MR) is 88.4 cm³/mol. The molecule has 0 atom stereocenters. The number of benzene rings is 2. The van der Waals surface area contributed by atoms with Crippen LogP contribution in [0.4, 0.5) is 11.4 Å². The van der Waals surface area contributed by atoms with Crippen molar-refractivity contribution in [2.24, 2.45) is 0 Å². The van der Waals surface area contributed by atoms with Crippen LogP contribution in [0.2, 0.25) is 0 Å². The molecule has 0 radical (unpaired) electrons. The van der Waals surface area contributed by atoms with Gasteiger partial charge >= 0.3 is 0 Å². The second kappa shape index (κ2) is 5.60. The summed E-state index contributed by atoms with van der Waals surface area (Å²) in [6.45, 7) is 7.81. The molecule has 110 valence electrons. The van der Waals surface area contributed by atoms with Gasteiger partial charge in [-0.2, -0.15) is 0 Å². The summed E-state index contributed by atoms with van der Waals surface area (Å²) in [5, 5.41) is 2.99. The zero-order chi connectivity index (χ0) is 15.6. The number of nitrogen functional groups attached to an aromatic ring is 1. The quantitative estimate of drug-likeness (QED) is 0.841. The van der Waals surface area contributed by atoms with E-state index in [0.29, 0.717) is 11.4 Å². The van der Waals surface area contributed by atoms with Crippen LogP contribution in [0.1, 0.15) is 30.5 Å². The van der Waals surface area contributed by atoms with Crippen molar-refractivity contribution in [2.75, 3.05) is 11.1 Å². The third kappa shape index (κ3) is 2.92. The van der Waals surface area contributed by atoms with Gasteiger partial charge in [-0.3, -0.25) is 4.79 Å². The minimum absolute atomic E-state index is 0.0610. The number of nitrogens with two attached hydrogens (primary N) is 1. The van der Waals surface area contributed by atoms with E-state index in [1.807, 2.05) is 70.2 Å². The van der Waals surface area contributed by atoms with Crippen LogP contribution in [0.3, 0.4) is 0 Å². The average Bonchev–Trinajstić information content (AvgIpc) is 2.48. The molecule has 3 nitrogen and oxygen atoms in total. The topological polar surface area (TPSA) is 55.1 Å². The van der Waals surface area contributed by atoms with Crippen LogP contribution in [0.25, 0.3) is 0 Å². The summed E-state index contributed by atoms with van der Waals surface area (Å²) in [5.74, 6) is -0.0610. The number of anilines is 2. The van der Waals surface area contributed by atoms with Crippen LogP contribution in [-0.4, -0.2) is 5.91 Å². The molecule has 0 fully saturated rings. The zero-order valence-electron chi connectivity index (χ0n) is 13.0. The first-order chi connectivity index (χ1) is 9.84. The number of carbonyl (C=O) groups excluding carboxylic acids is 1. The smallest absolute Gasteiger partial charge is 0.234 e. The lowest BCUT2D eigenvalue weighted by Crippen LogP contribution is -2.35. The number of nitrogens with one attached hydrogen (secondary N) is 1. The summed E-state index contributed by atoms with van der Waals surface area (Å²) in [6, 6.07) is 13.5. The highest BCUT2D eigenvalue weighted by atomic mass is 16.2. The number of carbonyl (C=O) groups is 1. The molecule has 0 aliphatic rings. The summed E-state index contributed by atoms with van der Waals surface area (Å²) >= 11 is 0. The molecular weight excluding hydrogens is 260 g/mol. The van der Waals surface area contributed by atoms with Crippen molar-refractivity contribution < 1.29 is 4.79 Å². The third-order valence-corrected chi connectivity index (χ3v) is 4.07. The fourth-order valence-corrected chi connectivity index (χ4v) is 2.26. The third-order valence-electron chi connectivity index (χ3n) is 4.07. The SMILES string of the molecule is Cc1ccc(N)c(NC(=O)C(C)(C)c2ccccc2)c1C. The number of aryl methyl sites for hydroxylation is 1. The lowest BCUT2D eigenvalue weighted by molar-refractivity contribution is -0.120. The maximum atomic E-state index is 12.7. The molecule has 0 saturated carbocycles. The summed E-state index contributed by atoms with van der Waals surface area (Å²) in [5.41, 5.74) is 9.78. The standard InChI is InChI=1S/C18H22N2O/c1-12-10-11-15(19)16(13(12)2)20-17(21)18(3,4)14-8-6-5-7-9-14/h5-11H,19H2,1-4H3,(H,20,21). The van der Waals surface area contributed by atoms with Crippen molar-refractivity contribution in [3.63, 3.8) is 0 Å². The van der Waals surface area contributed by atoms with E-state index in [2.05, 4.69) is 5.32 Å². The van der Waals surface area contributed by atoms with Gasteiger partial charge in [0.2, 0.25) is 5.91 Å². The van der Waals surface area contributed by atoms with E-state index in [1.54, 1.807) is 0 Å². The second-order valence-electron chi connectivity index (χ2n) is 5.92. The van der Waals surface area contributed by atoms with E-state index in [0.717, 1.165) is 16.7 Å². The minimum atomic E-state index is -0.621. The molecule has 21 heavy (non-hydrogen) atoms. The van der Waals surface area contributed by atoms with E-state index >= 15 is 0 Å². The Labute approximate surface area is 126 Å². The van der Waals surface area contributed by atoms with Crippen LogP contribution in [0, 0.1) is 13.8 Å². The monoisotopic (exact) mass is 282 g/mol. The number of amides is 1.